The molecule has 1 aromatic carbocycles. The van der Waals surface area contributed by atoms with Crippen LogP contribution >= 0.6 is 0 Å². The van der Waals surface area contributed by atoms with Gasteiger partial charge in [0.25, 0.3) is 0 Å². The van der Waals surface area contributed by atoms with Crippen molar-refractivity contribution in [3.63, 3.8) is 0 Å². The van der Waals surface area contributed by atoms with Gasteiger partial charge in [-0.3, -0.25) is 4.79 Å². The lowest BCUT2D eigenvalue weighted by molar-refractivity contribution is -0.140. The van der Waals surface area contributed by atoms with Crippen LogP contribution in [0.4, 0.5) is 5.69 Å². The average Bonchev–Trinajstić information content (AvgIpc) is 2.46. The summed E-state index contributed by atoms with van der Waals surface area (Å²) in [6, 6.07) is 7.70. The maximum atomic E-state index is 11.8. The standard InChI is InChI=1S/C14H20N2O3/c15-13-4-2-1-3-12(13)5-8-19-11-14(17)16-6-9-18-10-7-16/h1-4H,5-11,15H2. The van der Waals surface area contributed by atoms with Crippen molar-refractivity contribution in [2.24, 2.45) is 0 Å². The Morgan fingerprint density at radius 3 is 2.79 bits per heavy atom. The van der Waals surface area contributed by atoms with Gasteiger partial charge in [0, 0.05) is 18.8 Å². The van der Waals surface area contributed by atoms with E-state index in [2.05, 4.69) is 0 Å². The second-order valence-electron chi connectivity index (χ2n) is 4.49. The van der Waals surface area contributed by atoms with Gasteiger partial charge in [-0.2, -0.15) is 0 Å². The number of morpholine rings is 1. The fraction of sp³-hybridized carbons (Fsp3) is 0.500. The summed E-state index contributed by atoms with van der Waals surface area (Å²) >= 11 is 0. The van der Waals surface area contributed by atoms with Crippen LogP contribution in [-0.4, -0.2) is 50.3 Å². The highest BCUT2D eigenvalue weighted by Crippen LogP contribution is 2.10. The number of benzene rings is 1. The minimum atomic E-state index is 0.0318. The highest BCUT2D eigenvalue weighted by Gasteiger charge is 2.16. The number of carbonyl (C=O) groups is 1. The van der Waals surface area contributed by atoms with Gasteiger partial charge in [-0.1, -0.05) is 18.2 Å². The second-order valence-corrected chi connectivity index (χ2v) is 4.49. The summed E-state index contributed by atoms with van der Waals surface area (Å²) in [5.41, 5.74) is 7.66. The number of carbonyl (C=O) groups excluding carboxylic acids is 1. The smallest absolute Gasteiger partial charge is 0.248 e. The third kappa shape index (κ3) is 4.22. The van der Waals surface area contributed by atoms with E-state index in [1.807, 2.05) is 24.3 Å². The van der Waals surface area contributed by atoms with Crippen molar-refractivity contribution in [1.29, 1.82) is 0 Å². The highest BCUT2D eigenvalue weighted by molar-refractivity contribution is 5.77. The number of rotatable bonds is 5. The molecule has 1 fully saturated rings. The normalized spacial score (nSPS) is 15.5. The first-order valence-corrected chi connectivity index (χ1v) is 6.54. The Hall–Kier alpha value is -1.59. The molecule has 2 N–H and O–H groups in total. The van der Waals surface area contributed by atoms with E-state index in [0.717, 1.165) is 17.7 Å². The van der Waals surface area contributed by atoms with Crippen LogP contribution in [0.3, 0.4) is 0 Å². The lowest BCUT2D eigenvalue weighted by Gasteiger charge is -2.26. The Balaban J connectivity index is 1.66. The van der Waals surface area contributed by atoms with Crippen molar-refractivity contribution >= 4 is 11.6 Å². The van der Waals surface area contributed by atoms with Crippen molar-refractivity contribution < 1.29 is 14.3 Å². The summed E-state index contributed by atoms with van der Waals surface area (Å²) in [5, 5.41) is 0. The topological polar surface area (TPSA) is 64.8 Å². The van der Waals surface area contributed by atoms with E-state index in [9.17, 15) is 4.79 Å². The van der Waals surface area contributed by atoms with Crippen molar-refractivity contribution in [3.05, 3.63) is 29.8 Å². The molecule has 5 nitrogen and oxygen atoms in total. The molecule has 1 aliphatic rings. The lowest BCUT2D eigenvalue weighted by Crippen LogP contribution is -2.42. The average molecular weight is 264 g/mol. The summed E-state index contributed by atoms with van der Waals surface area (Å²) in [6.07, 6.45) is 0.725. The predicted octanol–water partition coefficient (Wildman–Crippen LogP) is 0.687. The number of amides is 1. The van der Waals surface area contributed by atoms with Crippen LogP contribution in [0.15, 0.2) is 24.3 Å². The van der Waals surface area contributed by atoms with Crippen LogP contribution in [0, 0.1) is 0 Å². The van der Waals surface area contributed by atoms with Crippen molar-refractivity contribution in [3.8, 4) is 0 Å². The van der Waals surface area contributed by atoms with Crippen LogP contribution in [0.1, 0.15) is 5.56 Å². The second kappa shape index (κ2) is 7.11. The maximum Gasteiger partial charge on any atom is 0.248 e. The fourth-order valence-electron chi connectivity index (χ4n) is 2.01. The van der Waals surface area contributed by atoms with E-state index in [1.165, 1.54) is 0 Å². The van der Waals surface area contributed by atoms with E-state index in [0.29, 0.717) is 32.9 Å². The molecule has 1 aliphatic heterocycles. The molecule has 5 heteroatoms. The molecule has 0 unspecified atom stereocenters. The van der Waals surface area contributed by atoms with Crippen LogP contribution < -0.4 is 5.73 Å². The zero-order valence-electron chi connectivity index (χ0n) is 11.0. The maximum absolute atomic E-state index is 11.8. The number of para-hydroxylation sites is 1. The number of anilines is 1. The number of nitrogen functional groups attached to an aromatic ring is 1. The predicted molar refractivity (Wildman–Crippen MR) is 72.8 cm³/mol. The number of ether oxygens (including phenoxy) is 2. The molecular weight excluding hydrogens is 244 g/mol. The molecule has 104 valence electrons. The first-order chi connectivity index (χ1) is 9.27. The minimum absolute atomic E-state index is 0.0318. The Kier molecular flexibility index (Phi) is 5.18. The molecule has 1 saturated heterocycles. The van der Waals surface area contributed by atoms with Gasteiger partial charge in [0.2, 0.25) is 5.91 Å². The number of nitrogens with zero attached hydrogens (tertiary/aromatic N) is 1. The van der Waals surface area contributed by atoms with Crippen LogP contribution in [-0.2, 0) is 20.7 Å². The van der Waals surface area contributed by atoms with E-state index in [4.69, 9.17) is 15.2 Å². The molecule has 19 heavy (non-hydrogen) atoms. The summed E-state index contributed by atoms with van der Waals surface area (Å²) in [7, 11) is 0. The van der Waals surface area contributed by atoms with Gasteiger partial charge >= 0.3 is 0 Å². The zero-order valence-corrected chi connectivity index (χ0v) is 11.0. The molecule has 2 rings (SSSR count). The van der Waals surface area contributed by atoms with E-state index in [-0.39, 0.29) is 12.5 Å². The molecule has 0 radical (unpaired) electrons. The molecule has 0 aromatic heterocycles. The summed E-state index contributed by atoms with van der Waals surface area (Å²) in [4.78, 5) is 13.6. The number of nitrogens with two attached hydrogens (primary N) is 1. The molecule has 0 atom stereocenters. The van der Waals surface area contributed by atoms with Crippen LogP contribution in [0.2, 0.25) is 0 Å². The largest absolute Gasteiger partial charge is 0.399 e. The van der Waals surface area contributed by atoms with E-state index < -0.39 is 0 Å². The Morgan fingerprint density at radius 2 is 2.05 bits per heavy atom. The SMILES string of the molecule is Nc1ccccc1CCOCC(=O)N1CCOCC1. The molecule has 1 heterocycles. The molecule has 0 spiro atoms. The third-order valence-electron chi connectivity index (χ3n) is 3.16. The number of hydrogen-bond donors (Lipinski definition) is 1. The molecule has 1 amide bonds. The summed E-state index contributed by atoms with van der Waals surface area (Å²) < 4.78 is 10.6. The minimum Gasteiger partial charge on any atom is -0.399 e. The Labute approximate surface area is 113 Å². The quantitative estimate of drug-likeness (QED) is 0.627. The van der Waals surface area contributed by atoms with Crippen molar-refractivity contribution in [2.75, 3.05) is 45.3 Å². The first kappa shape index (κ1) is 13.8. The Bertz CT molecular complexity index is 417. The molecule has 0 bridgehead atoms. The molecular formula is C14H20N2O3. The summed E-state index contributed by atoms with van der Waals surface area (Å²) in [6.45, 7) is 3.19. The van der Waals surface area contributed by atoms with Gasteiger partial charge in [0.05, 0.1) is 19.8 Å². The van der Waals surface area contributed by atoms with E-state index in [1.54, 1.807) is 4.90 Å². The van der Waals surface area contributed by atoms with Gasteiger partial charge in [-0.05, 0) is 18.1 Å². The molecule has 0 aliphatic carbocycles. The van der Waals surface area contributed by atoms with Gasteiger partial charge in [-0.25, -0.2) is 0 Å². The fourth-order valence-corrected chi connectivity index (χ4v) is 2.01. The van der Waals surface area contributed by atoms with Gasteiger partial charge in [-0.15, -0.1) is 0 Å². The zero-order chi connectivity index (χ0) is 13.5. The van der Waals surface area contributed by atoms with Crippen molar-refractivity contribution in [1.82, 2.24) is 4.90 Å². The van der Waals surface area contributed by atoms with Gasteiger partial charge in [0.15, 0.2) is 0 Å². The van der Waals surface area contributed by atoms with Crippen LogP contribution in [0.25, 0.3) is 0 Å². The molecule has 0 saturated carbocycles. The van der Waals surface area contributed by atoms with Gasteiger partial charge in [0.1, 0.15) is 6.61 Å². The first-order valence-electron chi connectivity index (χ1n) is 6.54. The monoisotopic (exact) mass is 264 g/mol. The Morgan fingerprint density at radius 1 is 1.32 bits per heavy atom. The highest BCUT2D eigenvalue weighted by atomic mass is 16.5. The number of hydrogen-bond acceptors (Lipinski definition) is 4. The third-order valence-corrected chi connectivity index (χ3v) is 3.16. The van der Waals surface area contributed by atoms with E-state index >= 15 is 0 Å². The summed E-state index contributed by atoms with van der Waals surface area (Å²) in [5.74, 6) is 0.0318. The van der Waals surface area contributed by atoms with Crippen LogP contribution in [0.5, 0.6) is 0 Å². The molecule has 1 aromatic rings. The van der Waals surface area contributed by atoms with Gasteiger partial charge < -0.3 is 20.1 Å². The van der Waals surface area contributed by atoms with Crippen molar-refractivity contribution in [2.45, 2.75) is 6.42 Å². The lowest BCUT2D eigenvalue weighted by atomic mass is 10.1.